The maximum atomic E-state index is 12.5. The van der Waals surface area contributed by atoms with E-state index >= 15 is 0 Å². The van der Waals surface area contributed by atoms with Crippen LogP contribution in [0.3, 0.4) is 0 Å². The number of benzene rings is 2. The lowest BCUT2D eigenvalue weighted by Gasteiger charge is -2.25. The summed E-state index contributed by atoms with van der Waals surface area (Å²) in [5.41, 5.74) is 3.31. The van der Waals surface area contributed by atoms with Gasteiger partial charge in [-0.3, -0.25) is 9.10 Å². The van der Waals surface area contributed by atoms with E-state index in [0.717, 1.165) is 22.5 Å². The van der Waals surface area contributed by atoms with Crippen LogP contribution in [0, 0.1) is 6.92 Å². The van der Waals surface area contributed by atoms with Crippen molar-refractivity contribution >= 4 is 33.2 Å². The molecule has 0 aliphatic heterocycles. The molecule has 2 rings (SSSR count). The molecule has 1 amide bonds. The summed E-state index contributed by atoms with van der Waals surface area (Å²) in [7, 11) is -3.63. The van der Waals surface area contributed by atoms with Gasteiger partial charge in [-0.05, 0) is 55.2 Å². The van der Waals surface area contributed by atoms with Crippen molar-refractivity contribution in [3.63, 3.8) is 0 Å². The second kappa shape index (κ2) is 8.76. The fourth-order valence-corrected chi connectivity index (χ4v) is 3.96. The number of anilines is 1. The predicted octanol–water partition coefficient (Wildman–Crippen LogP) is 3.85. The van der Waals surface area contributed by atoms with E-state index in [4.69, 9.17) is 11.6 Å². The number of aryl methyl sites for hydroxylation is 2. The van der Waals surface area contributed by atoms with Gasteiger partial charge in [0.25, 0.3) is 0 Å². The molecular weight excluding hydrogens is 384 g/mol. The van der Waals surface area contributed by atoms with E-state index in [-0.39, 0.29) is 18.5 Å². The van der Waals surface area contributed by atoms with Crippen molar-refractivity contribution in [2.24, 2.45) is 0 Å². The molecule has 2 aromatic carbocycles. The second-order valence-electron chi connectivity index (χ2n) is 6.58. The lowest BCUT2D eigenvalue weighted by molar-refractivity contribution is -0.120. The molecule has 0 spiro atoms. The number of nitrogens with one attached hydrogen (secondary N) is 1. The number of amides is 1. The minimum atomic E-state index is -3.63. The SMILES string of the molecule is CCc1ccc(C(C)NC(=O)CN(c2ccc(Cl)cc2C)S(C)(=O)=O)cc1. The predicted molar refractivity (Wildman–Crippen MR) is 111 cm³/mol. The Hall–Kier alpha value is -2.05. The molecule has 0 radical (unpaired) electrons. The number of hydrogen-bond donors (Lipinski definition) is 1. The van der Waals surface area contributed by atoms with Gasteiger partial charge in [-0.25, -0.2) is 8.42 Å². The van der Waals surface area contributed by atoms with Crippen molar-refractivity contribution < 1.29 is 13.2 Å². The number of sulfonamides is 1. The van der Waals surface area contributed by atoms with Gasteiger partial charge < -0.3 is 5.32 Å². The van der Waals surface area contributed by atoms with Gasteiger partial charge in [0, 0.05) is 5.02 Å². The van der Waals surface area contributed by atoms with Gasteiger partial charge in [-0.15, -0.1) is 0 Å². The maximum absolute atomic E-state index is 12.5. The number of halogens is 1. The van der Waals surface area contributed by atoms with Crippen molar-refractivity contribution in [1.82, 2.24) is 5.32 Å². The van der Waals surface area contributed by atoms with E-state index in [1.54, 1.807) is 25.1 Å². The van der Waals surface area contributed by atoms with E-state index < -0.39 is 10.0 Å². The first-order valence-corrected chi connectivity index (χ1v) is 11.0. The number of hydrogen-bond acceptors (Lipinski definition) is 3. The highest BCUT2D eigenvalue weighted by Gasteiger charge is 2.23. The van der Waals surface area contributed by atoms with Gasteiger partial charge in [0.15, 0.2) is 0 Å². The fraction of sp³-hybridized carbons (Fsp3) is 0.350. The molecule has 27 heavy (non-hydrogen) atoms. The highest BCUT2D eigenvalue weighted by Crippen LogP contribution is 2.25. The highest BCUT2D eigenvalue weighted by molar-refractivity contribution is 7.92. The van der Waals surface area contributed by atoms with E-state index in [1.807, 2.05) is 31.2 Å². The first-order valence-electron chi connectivity index (χ1n) is 8.74. The molecule has 0 aliphatic rings. The van der Waals surface area contributed by atoms with Crippen molar-refractivity contribution in [3.05, 3.63) is 64.2 Å². The summed E-state index contributed by atoms with van der Waals surface area (Å²) in [5.74, 6) is -0.373. The quantitative estimate of drug-likeness (QED) is 0.756. The van der Waals surface area contributed by atoms with E-state index in [2.05, 4.69) is 12.2 Å². The third-order valence-corrected chi connectivity index (χ3v) is 5.74. The third-order valence-electron chi connectivity index (χ3n) is 4.38. The van der Waals surface area contributed by atoms with E-state index in [0.29, 0.717) is 16.3 Å². The van der Waals surface area contributed by atoms with Crippen LogP contribution in [-0.4, -0.2) is 27.1 Å². The molecule has 7 heteroatoms. The molecule has 2 aromatic rings. The zero-order chi connectivity index (χ0) is 20.2. The fourth-order valence-electron chi connectivity index (χ4n) is 2.82. The largest absolute Gasteiger partial charge is 0.348 e. The molecule has 1 unspecified atom stereocenters. The Bertz CT molecular complexity index is 911. The van der Waals surface area contributed by atoms with Gasteiger partial charge in [-0.2, -0.15) is 0 Å². The van der Waals surface area contributed by atoms with Crippen LogP contribution in [0.5, 0.6) is 0 Å². The molecule has 146 valence electrons. The first kappa shape index (κ1) is 21.3. The Morgan fingerprint density at radius 3 is 2.33 bits per heavy atom. The molecule has 0 saturated heterocycles. The lowest BCUT2D eigenvalue weighted by atomic mass is 10.1. The van der Waals surface area contributed by atoms with Gasteiger partial charge in [0.1, 0.15) is 6.54 Å². The summed E-state index contributed by atoms with van der Waals surface area (Å²) < 4.78 is 25.6. The number of carbonyl (C=O) groups is 1. The van der Waals surface area contributed by atoms with Crippen molar-refractivity contribution in [1.29, 1.82) is 0 Å². The summed E-state index contributed by atoms with van der Waals surface area (Å²) in [6, 6.07) is 12.7. The van der Waals surface area contributed by atoms with Crippen LogP contribution >= 0.6 is 11.6 Å². The van der Waals surface area contributed by atoms with Crippen LogP contribution in [0.1, 0.15) is 36.6 Å². The van der Waals surface area contributed by atoms with Crippen molar-refractivity contribution in [2.45, 2.75) is 33.2 Å². The number of nitrogens with zero attached hydrogens (tertiary/aromatic N) is 1. The van der Waals surface area contributed by atoms with E-state index in [9.17, 15) is 13.2 Å². The Morgan fingerprint density at radius 2 is 1.81 bits per heavy atom. The molecule has 0 fully saturated rings. The van der Waals surface area contributed by atoms with Crippen LogP contribution < -0.4 is 9.62 Å². The van der Waals surface area contributed by atoms with Crippen LogP contribution in [0.25, 0.3) is 0 Å². The lowest BCUT2D eigenvalue weighted by Crippen LogP contribution is -2.41. The summed E-state index contributed by atoms with van der Waals surface area (Å²) >= 11 is 5.95. The molecule has 0 aromatic heterocycles. The smallest absolute Gasteiger partial charge is 0.241 e. The Labute approximate surface area is 166 Å². The third kappa shape index (κ3) is 5.71. The zero-order valence-corrected chi connectivity index (χ0v) is 17.6. The van der Waals surface area contributed by atoms with E-state index in [1.165, 1.54) is 5.56 Å². The van der Waals surface area contributed by atoms with Crippen LogP contribution in [-0.2, 0) is 21.2 Å². The Kier molecular flexibility index (Phi) is 6.89. The molecule has 0 saturated carbocycles. The molecular formula is C20H25ClN2O3S. The Balaban J connectivity index is 2.16. The topological polar surface area (TPSA) is 66.5 Å². The monoisotopic (exact) mass is 408 g/mol. The second-order valence-corrected chi connectivity index (χ2v) is 8.93. The molecule has 0 heterocycles. The average molecular weight is 409 g/mol. The Morgan fingerprint density at radius 1 is 1.19 bits per heavy atom. The number of rotatable bonds is 7. The van der Waals surface area contributed by atoms with Gasteiger partial charge in [0.2, 0.25) is 15.9 Å². The van der Waals surface area contributed by atoms with Gasteiger partial charge >= 0.3 is 0 Å². The summed E-state index contributed by atoms with van der Waals surface area (Å²) in [4.78, 5) is 12.5. The van der Waals surface area contributed by atoms with Crippen molar-refractivity contribution in [3.8, 4) is 0 Å². The molecule has 1 N–H and O–H groups in total. The summed E-state index contributed by atoms with van der Waals surface area (Å²) in [6.45, 7) is 5.42. The maximum Gasteiger partial charge on any atom is 0.241 e. The van der Waals surface area contributed by atoms with Crippen LogP contribution in [0.2, 0.25) is 5.02 Å². The molecule has 0 bridgehead atoms. The summed E-state index contributed by atoms with van der Waals surface area (Å²) in [5, 5.41) is 3.38. The van der Waals surface area contributed by atoms with Crippen LogP contribution in [0.15, 0.2) is 42.5 Å². The highest BCUT2D eigenvalue weighted by atomic mass is 35.5. The minimum absolute atomic E-state index is 0.226. The first-order chi connectivity index (χ1) is 12.6. The standard InChI is InChI=1S/C20H25ClN2O3S/c1-5-16-6-8-17(9-7-16)15(3)22-20(24)13-23(27(4,25)26)19-11-10-18(21)12-14(19)2/h6-12,15H,5,13H2,1-4H3,(H,22,24). The van der Waals surface area contributed by atoms with Gasteiger partial charge in [0.05, 0.1) is 18.0 Å². The number of carbonyl (C=O) groups excluding carboxylic acids is 1. The average Bonchev–Trinajstić information content (AvgIpc) is 2.59. The molecule has 0 aliphatic carbocycles. The zero-order valence-electron chi connectivity index (χ0n) is 16.0. The van der Waals surface area contributed by atoms with Crippen molar-refractivity contribution in [2.75, 3.05) is 17.1 Å². The minimum Gasteiger partial charge on any atom is -0.348 e. The van der Waals surface area contributed by atoms with Crippen LogP contribution in [0.4, 0.5) is 5.69 Å². The normalized spacial score (nSPS) is 12.5. The van der Waals surface area contributed by atoms with Gasteiger partial charge in [-0.1, -0.05) is 42.8 Å². The molecule has 1 atom stereocenters. The molecule has 5 nitrogen and oxygen atoms in total. The summed E-state index contributed by atoms with van der Waals surface area (Å²) in [6.07, 6.45) is 2.03.